The van der Waals surface area contributed by atoms with E-state index < -0.39 is 0 Å². The molecule has 0 amide bonds. The number of para-hydroxylation sites is 1. The molecule has 9 heteroatoms. The number of halogens is 1. The molecule has 30 heavy (non-hydrogen) atoms. The van der Waals surface area contributed by atoms with E-state index in [0.717, 1.165) is 35.0 Å². The first-order chi connectivity index (χ1) is 14.1. The number of rotatable bonds is 5. The molecule has 4 rings (SSSR count). The van der Waals surface area contributed by atoms with Crippen LogP contribution in [0.15, 0.2) is 29.3 Å². The van der Waals surface area contributed by atoms with Gasteiger partial charge in [-0.05, 0) is 38.5 Å². The average Bonchev–Trinajstić information content (AvgIpc) is 3.33. The number of aryl methyl sites for hydroxylation is 1. The fourth-order valence-corrected chi connectivity index (χ4v) is 4.80. The molecule has 1 aliphatic carbocycles. The van der Waals surface area contributed by atoms with E-state index >= 15 is 0 Å². The molecule has 0 spiro atoms. The lowest BCUT2D eigenvalue weighted by Crippen LogP contribution is -2.45. The summed E-state index contributed by atoms with van der Waals surface area (Å²) in [5.74, 6) is 3.57. The van der Waals surface area contributed by atoms with Gasteiger partial charge < -0.3 is 19.9 Å². The minimum atomic E-state index is 0. The third-order valence-electron chi connectivity index (χ3n) is 5.89. The van der Waals surface area contributed by atoms with Gasteiger partial charge in [0.05, 0.1) is 12.6 Å². The van der Waals surface area contributed by atoms with Gasteiger partial charge in [0.25, 0.3) is 0 Å². The zero-order valence-corrected chi connectivity index (χ0v) is 20.9. The number of nitrogens with one attached hydrogen (secondary N) is 2. The summed E-state index contributed by atoms with van der Waals surface area (Å²) in [6.07, 6.45) is 6.73. The average molecular weight is 542 g/mol. The first-order valence-electron chi connectivity index (χ1n) is 10.3. The van der Waals surface area contributed by atoms with Gasteiger partial charge in [0, 0.05) is 30.3 Å². The normalized spacial score (nSPS) is 23.3. The molecule has 2 aliphatic rings. The first-order valence-corrected chi connectivity index (χ1v) is 11.6. The van der Waals surface area contributed by atoms with Crippen molar-refractivity contribution < 1.29 is 4.74 Å². The lowest BCUT2D eigenvalue weighted by Gasteiger charge is -2.29. The summed E-state index contributed by atoms with van der Waals surface area (Å²) in [5.41, 5.74) is 1.19. The van der Waals surface area contributed by atoms with Gasteiger partial charge in [-0.25, -0.2) is 4.99 Å². The van der Waals surface area contributed by atoms with E-state index in [4.69, 9.17) is 9.73 Å². The van der Waals surface area contributed by atoms with Crippen LogP contribution in [0.2, 0.25) is 0 Å². The Morgan fingerprint density at radius 1 is 1.23 bits per heavy atom. The molecule has 0 bridgehead atoms. The van der Waals surface area contributed by atoms with Crippen molar-refractivity contribution in [3.8, 4) is 5.75 Å². The van der Waals surface area contributed by atoms with E-state index in [1.54, 1.807) is 0 Å². The molecular formula is C21H31IN6OS. The molecule has 164 valence electrons. The number of aliphatic imine (C=N–C) groups is 1. The van der Waals surface area contributed by atoms with Crippen LogP contribution >= 0.6 is 35.7 Å². The van der Waals surface area contributed by atoms with Crippen LogP contribution in [-0.2, 0) is 13.6 Å². The van der Waals surface area contributed by atoms with Crippen molar-refractivity contribution in [2.75, 3.05) is 12.9 Å². The van der Waals surface area contributed by atoms with Crippen LogP contribution in [0.1, 0.15) is 48.9 Å². The molecule has 0 saturated heterocycles. The van der Waals surface area contributed by atoms with Crippen molar-refractivity contribution in [2.45, 2.75) is 56.5 Å². The molecule has 1 fully saturated rings. The summed E-state index contributed by atoms with van der Waals surface area (Å²) in [4.78, 5) is 4.87. The standard InChI is InChI=1S/C21H30N6OS.HI/c1-14-25-26-20(27(14)2)13-22-21(23-15-8-9-16(12-15)29-3)24-18-10-11-28-19-7-5-4-6-17(18)19;/h4-7,15-16,18H,8-13H2,1-3H3,(H2,22,23,24);1H. The van der Waals surface area contributed by atoms with E-state index in [0.29, 0.717) is 19.2 Å². The van der Waals surface area contributed by atoms with Crippen LogP contribution < -0.4 is 15.4 Å². The van der Waals surface area contributed by atoms with Crippen LogP contribution in [0.25, 0.3) is 0 Å². The highest BCUT2D eigenvalue weighted by Crippen LogP contribution is 2.32. The van der Waals surface area contributed by atoms with Crippen molar-refractivity contribution in [2.24, 2.45) is 12.0 Å². The van der Waals surface area contributed by atoms with Gasteiger partial charge in [0.1, 0.15) is 18.1 Å². The van der Waals surface area contributed by atoms with Crippen LogP contribution in [0.5, 0.6) is 5.75 Å². The molecule has 3 unspecified atom stereocenters. The van der Waals surface area contributed by atoms with Gasteiger partial charge in [-0.1, -0.05) is 18.2 Å². The Bertz CT molecular complexity index is 873. The fraction of sp³-hybridized carbons (Fsp3) is 0.571. The number of ether oxygens (including phenoxy) is 1. The van der Waals surface area contributed by atoms with Gasteiger partial charge in [-0.15, -0.1) is 34.2 Å². The second kappa shape index (κ2) is 10.7. The van der Waals surface area contributed by atoms with Crippen LogP contribution in [0.4, 0.5) is 0 Å². The molecule has 1 aliphatic heterocycles. The van der Waals surface area contributed by atoms with E-state index in [2.05, 4.69) is 39.2 Å². The van der Waals surface area contributed by atoms with Gasteiger partial charge in [0.15, 0.2) is 11.8 Å². The Labute approximate surface area is 199 Å². The lowest BCUT2D eigenvalue weighted by atomic mass is 10.0. The summed E-state index contributed by atoms with van der Waals surface area (Å²) in [7, 11) is 1.98. The lowest BCUT2D eigenvalue weighted by molar-refractivity contribution is 0.261. The SMILES string of the molecule is CSC1CCC(NC(=NCc2nnc(C)n2C)NC2CCOc3ccccc32)C1.I. The number of thioether (sulfide) groups is 1. The van der Waals surface area contributed by atoms with Crippen LogP contribution in [0, 0.1) is 6.92 Å². The maximum atomic E-state index is 5.82. The second-order valence-corrected chi connectivity index (χ2v) is 8.91. The predicted octanol–water partition coefficient (Wildman–Crippen LogP) is 3.58. The van der Waals surface area contributed by atoms with Gasteiger partial charge in [0.2, 0.25) is 0 Å². The number of guanidine groups is 1. The number of nitrogens with zero attached hydrogens (tertiary/aromatic N) is 4. The van der Waals surface area contributed by atoms with Crippen LogP contribution in [0.3, 0.4) is 0 Å². The van der Waals surface area contributed by atoms with Gasteiger partial charge in [-0.3, -0.25) is 0 Å². The zero-order valence-electron chi connectivity index (χ0n) is 17.8. The molecule has 2 aromatic rings. The second-order valence-electron chi connectivity index (χ2n) is 7.77. The number of hydrogen-bond acceptors (Lipinski definition) is 5. The Morgan fingerprint density at radius 3 is 2.80 bits per heavy atom. The largest absolute Gasteiger partial charge is 0.493 e. The molecule has 1 aromatic carbocycles. The van der Waals surface area contributed by atoms with Crippen LogP contribution in [-0.4, -0.2) is 44.9 Å². The molecule has 3 atom stereocenters. The fourth-order valence-electron chi connectivity index (χ4n) is 4.01. The third kappa shape index (κ3) is 5.40. The van der Waals surface area contributed by atoms with E-state index in [1.807, 2.05) is 42.4 Å². The molecule has 0 radical (unpaired) electrons. The predicted molar refractivity (Wildman–Crippen MR) is 133 cm³/mol. The monoisotopic (exact) mass is 542 g/mol. The minimum absolute atomic E-state index is 0. The smallest absolute Gasteiger partial charge is 0.192 e. The topological polar surface area (TPSA) is 76.4 Å². The maximum absolute atomic E-state index is 5.82. The van der Waals surface area contributed by atoms with E-state index in [-0.39, 0.29) is 30.0 Å². The molecule has 7 nitrogen and oxygen atoms in total. The first kappa shape index (κ1) is 23.2. The highest BCUT2D eigenvalue weighted by molar-refractivity contribution is 14.0. The summed E-state index contributed by atoms with van der Waals surface area (Å²) < 4.78 is 7.81. The van der Waals surface area contributed by atoms with Gasteiger partial charge in [-0.2, -0.15) is 11.8 Å². The summed E-state index contributed by atoms with van der Waals surface area (Å²) in [5, 5.41) is 16.5. The van der Waals surface area contributed by atoms with E-state index in [1.165, 1.54) is 24.8 Å². The molecular weight excluding hydrogens is 511 g/mol. The quantitative estimate of drug-likeness (QED) is 0.342. The van der Waals surface area contributed by atoms with Crippen molar-refractivity contribution in [1.29, 1.82) is 0 Å². The van der Waals surface area contributed by atoms with E-state index in [9.17, 15) is 0 Å². The highest BCUT2D eigenvalue weighted by Gasteiger charge is 2.27. The van der Waals surface area contributed by atoms with Crippen molar-refractivity contribution >= 4 is 41.7 Å². The Hall–Kier alpha value is -1.49. The summed E-state index contributed by atoms with van der Waals surface area (Å²) >= 11 is 1.97. The zero-order chi connectivity index (χ0) is 20.2. The molecule has 2 heterocycles. The maximum Gasteiger partial charge on any atom is 0.192 e. The number of benzene rings is 1. The Kier molecular flexibility index (Phi) is 8.27. The molecule has 1 saturated carbocycles. The van der Waals surface area contributed by atoms with Crippen molar-refractivity contribution in [3.63, 3.8) is 0 Å². The molecule has 2 N–H and O–H groups in total. The number of aromatic nitrogens is 3. The van der Waals surface area contributed by atoms with Crippen molar-refractivity contribution in [1.82, 2.24) is 25.4 Å². The molecule has 1 aromatic heterocycles. The third-order valence-corrected chi connectivity index (χ3v) is 6.98. The van der Waals surface area contributed by atoms with Crippen molar-refractivity contribution in [3.05, 3.63) is 41.5 Å². The number of hydrogen-bond donors (Lipinski definition) is 2. The Balaban J connectivity index is 0.00000256. The summed E-state index contributed by atoms with van der Waals surface area (Å²) in [6.45, 7) is 3.16. The highest BCUT2D eigenvalue weighted by atomic mass is 127. The minimum Gasteiger partial charge on any atom is -0.493 e. The van der Waals surface area contributed by atoms with Gasteiger partial charge >= 0.3 is 0 Å². The number of fused-ring (bicyclic) bond motifs is 1. The Morgan fingerprint density at radius 2 is 2.07 bits per heavy atom. The summed E-state index contributed by atoms with van der Waals surface area (Å²) in [6, 6.07) is 8.89.